The van der Waals surface area contributed by atoms with Gasteiger partial charge in [0.25, 0.3) is 5.91 Å². The van der Waals surface area contributed by atoms with Gasteiger partial charge in [-0.15, -0.1) is 0 Å². The SMILES string of the molecule is COc1ccc(NC(=O)c2ccccc2NCC(=O)N(C2CCCCC2)[C@H]2CCS(=O)(=O)C2)cc1. The lowest BCUT2D eigenvalue weighted by Crippen LogP contribution is -2.50. The summed E-state index contributed by atoms with van der Waals surface area (Å²) in [6.45, 7) is -0.000122. The zero-order valence-corrected chi connectivity index (χ0v) is 20.9. The summed E-state index contributed by atoms with van der Waals surface area (Å²) in [5, 5.41) is 6.01. The Kier molecular flexibility index (Phi) is 7.95. The molecule has 2 aliphatic rings. The van der Waals surface area contributed by atoms with Gasteiger partial charge in [-0.1, -0.05) is 31.4 Å². The van der Waals surface area contributed by atoms with Crippen molar-refractivity contribution in [1.82, 2.24) is 4.90 Å². The lowest BCUT2D eigenvalue weighted by molar-refractivity contribution is -0.134. The Labute approximate surface area is 207 Å². The number of ether oxygens (including phenoxy) is 1. The monoisotopic (exact) mass is 499 g/mol. The first-order chi connectivity index (χ1) is 16.9. The minimum absolute atomic E-state index is 0.000122. The number of anilines is 2. The second-order valence-electron chi connectivity index (χ2n) is 9.23. The number of para-hydroxylation sites is 1. The van der Waals surface area contributed by atoms with Crippen LogP contribution in [0, 0.1) is 0 Å². The molecule has 1 atom stereocenters. The summed E-state index contributed by atoms with van der Waals surface area (Å²) >= 11 is 0. The average molecular weight is 500 g/mol. The summed E-state index contributed by atoms with van der Waals surface area (Å²) in [4.78, 5) is 28.2. The fourth-order valence-corrected chi connectivity index (χ4v) is 6.74. The van der Waals surface area contributed by atoms with Crippen LogP contribution in [0.5, 0.6) is 5.75 Å². The Morgan fingerprint density at radius 2 is 1.69 bits per heavy atom. The molecule has 2 fully saturated rings. The Hall–Kier alpha value is -3.07. The number of methoxy groups -OCH3 is 1. The van der Waals surface area contributed by atoms with E-state index in [1.165, 1.54) is 0 Å². The standard InChI is InChI=1S/C26H33N3O5S/c1-34-22-13-11-19(12-14-22)28-26(31)23-9-5-6-10-24(23)27-17-25(30)29(20-7-3-2-4-8-20)21-15-16-35(32,33)18-21/h5-6,9-14,20-21,27H,2-4,7-8,15-18H2,1H3,(H,28,31)/t21-/m0/s1. The van der Waals surface area contributed by atoms with Gasteiger partial charge in [-0.05, 0) is 55.7 Å². The molecule has 0 spiro atoms. The number of nitrogens with zero attached hydrogens (tertiary/aromatic N) is 1. The predicted octanol–water partition coefficient (Wildman–Crippen LogP) is 3.71. The van der Waals surface area contributed by atoms with Crippen LogP contribution in [0.2, 0.25) is 0 Å². The van der Waals surface area contributed by atoms with E-state index in [1.54, 1.807) is 55.6 Å². The van der Waals surface area contributed by atoms with Crippen LogP contribution in [0.3, 0.4) is 0 Å². The van der Waals surface area contributed by atoms with Crippen molar-refractivity contribution in [3.05, 3.63) is 54.1 Å². The molecule has 0 aromatic heterocycles. The molecule has 1 aliphatic heterocycles. The molecule has 188 valence electrons. The number of rotatable bonds is 8. The summed E-state index contributed by atoms with van der Waals surface area (Å²) in [7, 11) is -1.53. The maximum Gasteiger partial charge on any atom is 0.257 e. The number of sulfone groups is 1. The van der Waals surface area contributed by atoms with Crippen molar-refractivity contribution in [3.8, 4) is 5.75 Å². The normalized spacial score (nSPS) is 19.6. The Morgan fingerprint density at radius 1 is 0.971 bits per heavy atom. The van der Waals surface area contributed by atoms with Crippen molar-refractivity contribution in [1.29, 1.82) is 0 Å². The zero-order chi connectivity index (χ0) is 24.8. The van der Waals surface area contributed by atoms with E-state index in [1.807, 2.05) is 4.90 Å². The van der Waals surface area contributed by atoms with Gasteiger partial charge in [0.2, 0.25) is 5.91 Å². The van der Waals surface area contributed by atoms with E-state index in [2.05, 4.69) is 10.6 Å². The maximum atomic E-state index is 13.4. The largest absolute Gasteiger partial charge is 0.497 e. The van der Waals surface area contributed by atoms with E-state index in [0.29, 0.717) is 29.1 Å². The van der Waals surface area contributed by atoms with Gasteiger partial charge in [0.1, 0.15) is 5.75 Å². The first-order valence-electron chi connectivity index (χ1n) is 12.2. The third kappa shape index (κ3) is 6.33. The maximum absolute atomic E-state index is 13.4. The Bertz CT molecular complexity index is 1140. The highest BCUT2D eigenvalue weighted by Crippen LogP contribution is 2.29. The van der Waals surface area contributed by atoms with Crippen molar-refractivity contribution in [2.45, 2.75) is 50.6 Å². The topological polar surface area (TPSA) is 105 Å². The highest BCUT2D eigenvalue weighted by atomic mass is 32.2. The number of hydrogen-bond acceptors (Lipinski definition) is 6. The highest BCUT2D eigenvalue weighted by Gasteiger charge is 2.38. The van der Waals surface area contributed by atoms with Gasteiger partial charge in [-0.2, -0.15) is 0 Å². The molecule has 2 aromatic rings. The molecule has 8 nitrogen and oxygen atoms in total. The second kappa shape index (κ2) is 11.1. The molecule has 2 aromatic carbocycles. The van der Waals surface area contributed by atoms with Crippen molar-refractivity contribution in [3.63, 3.8) is 0 Å². The lowest BCUT2D eigenvalue weighted by Gasteiger charge is -2.38. The molecule has 1 saturated carbocycles. The van der Waals surface area contributed by atoms with Gasteiger partial charge >= 0.3 is 0 Å². The third-order valence-corrected chi connectivity index (χ3v) is 8.56. The number of benzene rings is 2. The van der Waals surface area contributed by atoms with Crippen LogP contribution >= 0.6 is 0 Å². The number of hydrogen-bond donors (Lipinski definition) is 2. The van der Waals surface area contributed by atoms with Gasteiger partial charge in [-0.25, -0.2) is 8.42 Å². The molecule has 0 radical (unpaired) electrons. The molecular formula is C26H33N3O5S. The first-order valence-corrected chi connectivity index (χ1v) is 14.0. The molecule has 2 amide bonds. The van der Waals surface area contributed by atoms with Gasteiger partial charge < -0.3 is 20.3 Å². The molecule has 35 heavy (non-hydrogen) atoms. The van der Waals surface area contributed by atoms with Crippen molar-refractivity contribution < 1.29 is 22.7 Å². The van der Waals surface area contributed by atoms with E-state index in [-0.39, 0.29) is 41.9 Å². The van der Waals surface area contributed by atoms with Crippen LogP contribution in [-0.2, 0) is 14.6 Å². The van der Waals surface area contributed by atoms with Gasteiger partial charge in [-0.3, -0.25) is 9.59 Å². The van der Waals surface area contributed by atoms with Crippen LogP contribution < -0.4 is 15.4 Å². The minimum Gasteiger partial charge on any atom is -0.497 e. The average Bonchev–Trinajstić information content (AvgIpc) is 3.23. The summed E-state index contributed by atoms with van der Waals surface area (Å²) in [6.07, 6.45) is 5.56. The van der Waals surface area contributed by atoms with Crippen LogP contribution in [0.4, 0.5) is 11.4 Å². The molecule has 0 unspecified atom stereocenters. The van der Waals surface area contributed by atoms with Crippen LogP contribution in [0.25, 0.3) is 0 Å². The quantitative estimate of drug-likeness (QED) is 0.574. The first kappa shape index (κ1) is 25.0. The van der Waals surface area contributed by atoms with Crippen molar-refractivity contribution >= 4 is 33.0 Å². The molecule has 0 bridgehead atoms. The van der Waals surface area contributed by atoms with E-state index in [0.717, 1.165) is 32.1 Å². The summed E-state index contributed by atoms with van der Waals surface area (Å²) < 4.78 is 29.4. The van der Waals surface area contributed by atoms with Crippen molar-refractivity contribution in [2.75, 3.05) is 35.8 Å². The highest BCUT2D eigenvalue weighted by molar-refractivity contribution is 7.91. The number of amides is 2. The van der Waals surface area contributed by atoms with Crippen molar-refractivity contribution in [2.24, 2.45) is 0 Å². The van der Waals surface area contributed by atoms with E-state index in [9.17, 15) is 18.0 Å². The van der Waals surface area contributed by atoms with E-state index >= 15 is 0 Å². The summed E-state index contributed by atoms with van der Waals surface area (Å²) in [5.74, 6) is 0.453. The minimum atomic E-state index is -3.11. The third-order valence-electron chi connectivity index (χ3n) is 6.81. The fourth-order valence-electron chi connectivity index (χ4n) is 5.03. The van der Waals surface area contributed by atoms with Crippen LogP contribution in [0.1, 0.15) is 48.9 Å². The van der Waals surface area contributed by atoms with Crippen LogP contribution in [0.15, 0.2) is 48.5 Å². The summed E-state index contributed by atoms with van der Waals surface area (Å²) in [5.41, 5.74) is 1.60. The van der Waals surface area contributed by atoms with Crippen LogP contribution in [-0.4, -0.2) is 62.4 Å². The molecule has 1 aliphatic carbocycles. The molecular weight excluding hydrogens is 466 g/mol. The van der Waals surface area contributed by atoms with E-state index in [4.69, 9.17) is 4.74 Å². The molecule has 9 heteroatoms. The molecule has 1 heterocycles. The van der Waals surface area contributed by atoms with E-state index < -0.39 is 9.84 Å². The van der Waals surface area contributed by atoms with Gasteiger partial charge in [0.05, 0.1) is 30.7 Å². The number of carbonyl (C=O) groups excluding carboxylic acids is 2. The van der Waals surface area contributed by atoms with Gasteiger partial charge in [0.15, 0.2) is 9.84 Å². The number of carbonyl (C=O) groups is 2. The summed E-state index contributed by atoms with van der Waals surface area (Å²) in [6, 6.07) is 13.9. The van der Waals surface area contributed by atoms with Gasteiger partial charge in [0, 0.05) is 23.5 Å². The molecule has 2 N–H and O–H groups in total. The predicted molar refractivity (Wildman–Crippen MR) is 137 cm³/mol. The number of nitrogens with one attached hydrogen (secondary N) is 2. The second-order valence-corrected chi connectivity index (χ2v) is 11.5. The Morgan fingerprint density at radius 3 is 2.34 bits per heavy atom. The fraction of sp³-hybridized carbons (Fsp3) is 0.462. The molecule has 1 saturated heterocycles. The Balaban J connectivity index is 1.45. The smallest absolute Gasteiger partial charge is 0.257 e. The molecule has 4 rings (SSSR count). The lowest BCUT2D eigenvalue weighted by atomic mass is 9.93. The zero-order valence-electron chi connectivity index (χ0n) is 20.0.